The average Bonchev–Trinajstić information content (AvgIpc) is 2.35. The van der Waals surface area contributed by atoms with Gasteiger partial charge in [-0.3, -0.25) is 14.4 Å². The van der Waals surface area contributed by atoms with E-state index in [9.17, 15) is 19.2 Å². The van der Waals surface area contributed by atoms with Gasteiger partial charge in [0.15, 0.2) is 0 Å². The maximum Gasteiger partial charge on any atom is 0.321 e. The first kappa shape index (κ1) is 16.7. The van der Waals surface area contributed by atoms with Crippen molar-refractivity contribution in [1.29, 1.82) is 0 Å². The first-order valence-corrected chi connectivity index (χ1v) is 6.23. The second kappa shape index (κ2) is 7.43. The van der Waals surface area contributed by atoms with Crippen molar-refractivity contribution in [3.8, 4) is 0 Å². The summed E-state index contributed by atoms with van der Waals surface area (Å²) in [5.74, 6) is -2.60. The molecule has 1 heterocycles. The van der Waals surface area contributed by atoms with Gasteiger partial charge >= 0.3 is 12.0 Å². The van der Waals surface area contributed by atoms with Crippen LogP contribution < -0.4 is 11.5 Å². The summed E-state index contributed by atoms with van der Waals surface area (Å²) >= 11 is 0. The predicted octanol–water partition coefficient (Wildman–Crippen LogP) is -2.45. The number of primary amides is 2. The van der Waals surface area contributed by atoms with Crippen LogP contribution in [0.2, 0.25) is 0 Å². The van der Waals surface area contributed by atoms with E-state index in [1.807, 2.05) is 0 Å². The number of carbonyl (C=O) groups is 4. The minimum Gasteiger partial charge on any atom is -0.481 e. The van der Waals surface area contributed by atoms with Gasteiger partial charge in [-0.25, -0.2) is 4.79 Å². The molecule has 1 aliphatic rings. The Hall–Kier alpha value is -2.36. The predicted molar refractivity (Wildman–Crippen MR) is 68.9 cm³/mol. The molecule has 0 aliphatic carbocycles. The van der Waals surface area contributed by atoms with E-state index in [2.05, 4.69) is 0 Å². The van der Waals surface area contributed by atoms with E-state index < -0.39 is 43.0 Å². The number of hydrogen-bond acceptors (Lipinski definition) is 5. The minimum atomic E-state index is -1.04. The van der Waals surface area contributed by atoms with E-state index in [-0.39, 0.29) is 26.1 Å². The van der Waals surface area contributed by atoms with Crippen molar-refractivity contribution in [2.45, 2.75) is 12.5 Å². The average molecular weight is 302 g/mol. The van der Waals surface area contributed by atoms with Crippen LogP contribution in [0, 0.1) is 0 Å². The lowest BCUT2D eigenvalue weighted by molar-refractivity contribution is -0.141. The number of nitrogens with two attached hydrogens (primary N) is 2. The Morgan fingerprint density at radius 3 is 2.24 bits per heavy atom. The monoisotopic (exact) mass is 302 g/mol. The van der Waals surface area contributed by atoms with Crippen molar-refractivity contribution >= 4 is 23.8 Å². The van der Waals surface area contributed by atoms with E-state index in [0.29, 0.717) is 0 Å². The second-order valence-electron chi connectivity index (χ2n) is 4.61. The number of ether oxygens (including phenoxy) is 1. The number of carboxylic acid groups (broad SMARTS) is 1. The van der Waals surface area contributed by atoms with Crippen molar-refractivity contribution in [3.63, 3.8) is 0 Å². The van der Waals surface area contributed by atoms with Gasteiger partial charge in [-0.2, -0.15) is 0 Å². The molecule has 21 heavy (non-hydrogen) atoms. The molecule has 1 aliphatic heterocycles. The zero-order valence-electron chi connectivity index (χ0n) is 11.4. The fourth-order valence-electron chi connectivity index (χ4n) is 1.98. The smallest absolute Gasteiger partial charge is 0.321 e. The first-order valence-electron chi connectivity index (χ1n) is 6.23. The van der Waals surface area contributed by atoms with E-state index in [4.69, 9.17) is 21.3 Å². The zero-order valence-corrected chi connectivity index (χ0v) is 11.4. The fourth-order valence-corrected chi connectivity index (χ4v) is 1.98. The lowest BCUT2D eigenvalue weighted by Crippen LogP contribution is -2.54. The van der Waals surface area contributed by atoms with Crippen molar-refractivity contribution in [3.05, 3.63) is 0 Å². The molecule has 0 saturated carbocycles. The summed E-state index contributed by atoms with van der Waals surface area (Å²) < 4.78 is 5.23. The molecule has 4 amide bonds. The number of aliphatic carboxylic acids is 1. The molecule has 0 aromatic carbocycles. The molecule has 1 unspecified atom stereocenters. The Morgan fingerprint density at radius 2 is 1.76 bits per heavy atom. The Balaban J connectivity index is 2.70. The van der Waals surface area contributed by atoms with Gasteiger partial charge in [0.25, 0.3) is 0 Å². The highest BCUT2D eigenvalue weighted by Crippen LogP contribution is 2.11. The lowest BCUT2D eigenvalue weighted by atomic mass is 10.2. The van der Waals surface area contributed by atoms with Crippen LogP contribution in [0.25, 0.3) is 0 Å². The van der Waals surface area contributed by atoms with Gasteiger partial charge in [-0.1, -0.05) is 0 Å². The van der Waals surface area contributed by atoms with Crippen LogP contribution >= 0.6 is 0 Å². The van der Waals surface area contributed by atoms with Gasteiger partial charge in [-0.05, 0) is 0 Å². The number of carbonyl (C=O) groups excluding carboxylic acids is 3. The van der Waals surface area contributed by atoms with Crippen LogP contribution in [0.3, 0.4) is 0 Å². The minimum absolute atomic E-state index is 0.0547. The standard InChI is InChI=1S/C11H18N4O6/c12-8(16)5-15(6-9(13)17)11(20)14-1-2-21-7(4-14)3-10(18)19/h7H,1-6H2,(H2,12,16)(H2,13,17)(H,18,19). The molecule has 0 spiro atoms. The van der Waals surface area contributed by atoms with Crippen molar-refractivity contribution < 1.29 is 29.0 Å². The maximum absolute atomic E-state index is 12.2. The molecule has 1 rings (SSSR count). The van der Waals surface area contributed by atoms with Crippen LogP contribution in [0.4, 0.5) is 4.79 Å². The Bertz CT molecular complexity index is 424. The maximum atomic E-state index is 12.2. The van der Waals surface area contributed by atoms with Crippen molar-refractivity contribution in [2.75, 3.05) is 32.8 Å². The van der Waals surface area contributed by atoms with Crippen LogP contribution in [-0.2, 0) is 19.1 Å². The normalized spacial score (nSPS) is 18.1. The highest BCUT2D eigenvalue weighted by Gasteiger charge is 2.29. The molecule has 1 fully saturated rings. The summed E-state index contributed by atoms with van der Waals surface area (Å²) in [6.45, 7) is -0.432. The van der Waals surface area contributed by atoms with E-state index in [0.717, 1.165) is 4.90 Å². The highest BCUT2D eigenvalue weighted by molar-refractivity contribution is 5.87. The fraction of sp³-hybridized carbons (Fsp3) is 0.636. The number of carboxylic acids is 1. The number of rotatable bonds is 6. The molecule has 10 nitrogen and oxygen atoms in total. The zero-order chi connectivity index (χ0) is 16.0. The molecular formula is C11H18N4O6. The van der Waals surface area contributed by atoms with Crippen molar-refractivity contribution in [1.82, 2.24) is 9.80 Å². The molecule has 1 atom stereocenters. The van der Waals surface area contributed by atoms with Gasteiger partial charge in [-0.15, -0.1) is 0 Å². The number of morpholine rings is 1. The highest BCUT2D eigenvalue weighted by atomic mass is 16.5. The summed E-state index contributed by atoms with van der Waals surface area (Å²) in [4.78, 5) is 47.0. The van der Waals surface area contributed by atoms with E-state index in [1.165, 1.54) is 4.90 Å². The summed E-state index contributed by atoms with van der Waals surface area (Å²) in [7, 11) is 0. The molecule has 118 valence electrons. The molecule has 0 aromatic heterocycles. The first-order chi connectivity index (χ1) is 9.79. The SMILES string of the molecule is NC(=O)CN(CC(N)=O)C(=O)N1CCOC(CC(=O)O)C1. The van der Waals surface area contributed by atoms with Gasteiger partial charge in [0, 0.05) is 13.1 Å². The third-order valence-corrected chi connectivity index (χ3v) is 2.78. The van der Waals surface area contributed by atoms with Gasteiger partial charge in [0.1, 0.15) is 13.1 Å². The molecule has 0 bridgehead atoms. The van der Waals surface area contributed by atoms with E-state index >= 15 is 0 Å². The number of urea groups is 1. The Kier molecular flexibility index (Phi) is 5.91. The summed E-state index contributed by atoms with van der Waals surface area (Å²) in [6, 6.07) is -0.605. The molecule has 5 N–H and O–H groups in total. The molecule has 0 aromatic rings. The third kappa shape index (κ3) is 5.65. The number of nitrogens with zero attached hydrogens (tertiary/aromatic N) is 2. The molecule has 1 saturated heterocycles. The van der Waals surface area contributed by atoms with Crippen LogP contribution in [0.1, 0.15) is 6.42 Å². The number of amides is 4. The van der Waals surface area contributed by atoms with Gasteiger partial charge in [0.05, 0.1) is 19.1 Å². The van der Waals surface area contributed by atoms with Crippen LogP contribution in [0.5, 0.6) is 0 Å². The quantitative estimate of drug-likeness (QED) is 0.494. The molecular weight excluding hydrogens is 284 g/mol. The Morgan fingerprint density at radius 1 is 1.19 bits per heavy atom. The van der Waals surface area contributed by atoms with Crippen LogP contribution in [0.15, 0.2) is 0 Å². The molecule has 10 heteroatoms. The third-order valence-electron chi connectivity index (χ3n) is 2.78. The summed E-state index contributed by atoms with van der Waals surface area (Å²) in [5.41, 5.74) is 10.0. The Labute approximate surface area is 120 Å². The number of hydrogen-bond donors (Lipinski definition) is 3. The lowest BCUT2D eigenvalue weighted by Gasteiger charge is -2.35. The van der Waals surface area contributed by atoms with E-state index in [1.54, 1.807) is 0 Å². The molecule has 0 radical (unpaired) electrons. The van der Waals surface area contributed by atoms with Crippen LogP contribution in [-0.4, -0.2) is 77.6 Å². The van der Waals surface area contributed by atoms with Gasteiger partial charge < -0.3 is 31.1 Å². The summed E-state index contributed by atoms with van der Waals surface area (Å²) in [5, 5.41) is 8.72. The van der Waals surface area contributed by atoms with Gasteiger partial charge in [0.2, 0.25) is 11.8 Å². The topological polar surface area (TPSA) is 156 Å². The largest absolute Gasteiger partial charge is 0.481 e. The summed E-state index contributed by atoms with van der Waals surface area (Å²) in [6.07, 6.45) is -0.876. The van der Waals surface area contributed by atoms with Crippen molar-refractivity contribution in [2.24, 2.45) is 11.5 Å². The second-order valence-corrected chi connectivity index (χ2v) is 4.61.